The number of nitrogens with one attached hydrogen (secondary N) is 1. The second-order valence-corrected chi connectivity index (χ2v) is 4.54. The van der Waals surface area contributed by atoms with Crippen molar-refractivity contribution in [2.24, 2.45) is 5.92 Å². The average Bonchev–Trinajstić information content (AvgIpc) is 2.47. The van der Waals surface area contributed by atoms with Crippen molar-refractivity contribution in [2.45, 2.75) is 19.3 Å². The van der Waals surface area contributed by atoms with Crippen LogP contribution in [0, 0.1) is 5.92 Å². The Labute approximate surface area is 112 Å². The number of hydrogen-bond donors (Lipinski definition) is 1. The highest BCUT2D eigenvalue weighted by Gasteiger charge is 2.18. The van der Waals surface area contributed by atoms with Crippen LogP contribution in [0.3, 0.4) is 0 Å². The van der Waals surface area contributed by atoms with Crippen molar-refractivity contribution in [3.8, 4) is 0 Å². The predicted octanol–water partition coefficient (Wildman–Crippen LogP) is 2.77. The predicted molar refractivity (Wildman–Crippen MR) is 72.9 cm³/mol. The number of ether oxygens (including phenoxy) is 1. The second kappa shape index (κ2) is 6.18. The lowest BCUT2D eigenvalue weighted by Crippen LogP contribution is -2.23. The lowest BCUT2D eigenvalue weighted by atomic mass is 9.93. The third-order valence-corrected chi connectivity index (χ3v) is 3.19. The van der Waals surface area contributed by atoms with Crippen LogP contribution in [0.4, 0.5) is 5.69 Å². The minimum atomic E-state index is -0.406. The van der Waals surface area contributed by atoms with Crippen molar-refractivity contribution in [1.29, 1.82) is 0 Å². The molecule has 0 aliphatic heterocycles. The minimum Gasteiger partial charge on any atom is -0.465 e. The molecule has 0 radical (unpaired) electrons. The van der Waals surface area contributed by atoms with E-state index in [1.54, 1.807) is 24.3 Å². The van der Waals surface area contributed by atoms with Crippen molar-refractivity contribution in [2.75, 3.05) is 12.4 Å². The van der Waals surface area contributed by atoms with Gasteiger partial charge < -0.3 is 10.1 Å². The van der Waals surface area contributed by atoms with Crippen LogP contribution in [0.2, 0.25) is 0 Å². The van der Waals surface area contributed by atoms with E-state index in [1.807, 2.05) is 6.08 Å². The van der Waals surface area contributed by atoms with Crippen LogP contribution in [0.5, 0.6) is 0 Å². The Kier molecular flexibility index (Phi) is 4.34. The Hall–Kier alpha value is -2.10. The fourth-order valence-electron chi connectivity index (χ4n) is 2.12. The van der Waals surface area contributed by atoms with E-state index in [1.165, 1.54) is 7.11 Å². The van der Waals surface area contributed by atoms with Crippen LogP contribution in [-0.2, 0) is 9.53 Å². The van der Waals surface area contributed by atoms with Crippen LogP contribution in [-0.4, -0.2) is 19.0 Å². The Bertz CT molecular complexity index is 508. The van der Waals surface area contributed by atoms with E-state index in [2.05, 4.69) is 16.1 Å². The largest absolute Gasteiger partial charge is 0.465 e. The molecule has 1 aromatic rings. The number of carbonyl (C=O) groups is 2. The maximum absolute atomic E-state index is 12.1. The third-order valence-electron chi connectivity index (χ3n) is 3.19. The molecular formula is C15H17NO3. The smallest absolute Gasteiger partial charge is 0.337 e. The summed E-state index contributed by atoms with van der Waals surface area (Å²) in [7, 11) is 1.34. The van der Waals surface area contributed by atoms with Gasteiger partial charge in [-0.15, -0.1) is 0 Å². The van der Waals surface area contributed by atoms with Crippen LogP contribution in [0.25, 0.3) is 0 Å². The van der Waals surface area contributed by atoms with Crippen molar-refractivity contribution in [1.82, 2.24) is 0 Å². The van der Waals surface area contributed by atoms with Gasteiger partial charge in [-0.25, -0.2) is 4.79 Å². The van der Waals surface area contributed by atoms with Crippen molar-refractivity contribution < 1.29 is 14.3 Å². The molecule has 0 heterocycles. The van der Waals surface area contributed by atoms with Gasteiger partial charge in [0.2, 0.25) is 5.91 Å². The lowest BCUT2D eigenvalue weighted by molar-refractivity contribution is -0.120. The molecule has 4 heteroatoms. The van der Waals surface area contributed by atoms with Gasteiger partial charge in [-0.3, -0.25) is 4.79 Å². The highest BCUT2D eigenvalue weighted by molar-refractivity contribution is 5.95. The summed E-state index contributed by atoms with van der Waals surface area (Å²) in [5.41, 5.74) is 1.06. The zero-order valence-corrected chi connectivity index (χ0v) is 10.9. The SMILES string of the molecule is COC(=O)c1cccc(NC(=O)[C@H]2CC=CCC2)c1. The highest BCUT2D eigenvalue weighted by Crippen LogP contribution is 2.20. The monoisotopic (exact) mass is 259 g/mol. The molecule has 1 aliphatic carbocycles. The van der Waals surface area contributed by atoms with E-state index in [-0.39, 0.29) is 11.8 Å². The molecule has 0 saturated heterocycles. The number of esters is 1. The number of benzene rings is 1. The first-order valence-corrected chi connectivity index (χ1v) is 6.35. The summed E-state index contributed by atoms with van der Waals surface area (Å²) in [4.78, 5) is 23.5. The van der Waals surface area contributed by atoms with Crippen LogP contribution >= 0.6 is 0 Å². The minimum absolute atomic E-state index is 0.00589. The molecule has 0 bridgehead atoms. The lowest BCUT2D eigenvalue weighted by Gasteiger charge is -2.17. The van der Waals surface area contributed by atoms with E-state index in [0.29, 0.717) is 11.3 Å². The molecule has 0 aromatic heterocycles. The first-order chi connectivity index (χ1) is 9.20. The van der Waals surface area contributed by atoms with E-state index < -0.39 is 5.97 Å². The van der Waals surface area contributed by atoms with Gasteiger partial charge >= 0.3 is 5.97 Å². The molecule has 0 saturated carbocycles. The molecule has 1 amide bonds. The zero-order valence-electron chi connectivity index (χ0n) is 10.9. The molecule has 1 N–H and O–H groups in total. The topological polar surface area (TPSA) is 55.4 Å². The van der Waals surface area contributed by atoms with Crippen LogP contribution in [0.1, 0.15) is 29.6 Å². The number of carbonyl (C=O) groups excluding carboxylic acids is 2. The molecule has 2 rings (SSSR count). The molecular weight excluding hydrogens is 242 g/mol. The summed E-state index contributed by atoms with van der Waals surface area (Å²) in [6, 6.07) is 6.78. The normalized spacial score (nSPS) is 17.8. The van der Waals surface area contributed by atoms with Gasteiger partial charge in [-0.05, 0) is 37.5 Å². The second-order valence-electron chi connectivity index (χ2n) is 4.54. The van der Waals surface area contributed by atoms with Crippen LogP contribution < -0.4 is 5.32 Å². The quantitative estimate of drug-likeness (QED) is 0.670. The molecule has 4 nitrogen and oxygen atoms in total. The Morgan fingerprint density at radius 3 is 2.84 bits per heavy atom. The number of anilines is 1. The van der Waals surface area contributed by atoms with Gasteiger partial charge in [0, 0.05) is 11.6 Å². The van der Waals surface area contributed by atoms with Gasteiger partial charge in [0.05, 0.1) is 12.7 Å². The molecule has 19 heavy (non-hydrogen) atoms. The standard InChI is InChI=1S/C15H17NO3/c1-19-15(18)12-8-5-9-13(10-12)16-14(17)11-6-3-2-4-7-11/h2-3,5,8-11H,4,6-7H2,1H3,(H,16,17)/t11-/m0/s1. The number of methoxy groups -OCH3 is 1. The van der Waals surface area contributed by atoms with Gasteiger partial charge in [0.25, 0.3) is 0 Å². The maximum Gasteiger partial charge on any atom is 0.337 e. The van der Waals surface area contributed by atoms with Gasteiger partial charge in [0.15, 0.2) is 0 Å². The van der Waals surface area contributed by atoms with E-state index in [9.17, 15) is 9.59 Å². The van der Waals surface area contributed by atoms with E-state index >= 15 is 0 Å². The number of amides is 1. The van der Waals surface area contributed by atoms with Crippen LogP contribution in [0.15, 0.2) is 36.4 Å². The fourth-order valence-corrected chi connectivity index (χ4v) is 2.12. The summed E-state index contributed by atoms with van der Waals surface area (Å²) >= 11 is 0. The van der Waals surface area contributed by atoms with Crippen molar-refractivity contribution in [3.63, 3.8) is 0 Å². The molecule has 0 unspecified atom stereocenters. The number of rotatable bonds is 3. The summed E-state index contributed by atoms with van der Waals surface area (Å²) in [6.45, 7) is 0. The van der Waals surface area contributed by atoms with Gasteiger partial charge in [-0.1, -0.05) is 18.2 Å². The summed E-state index contributed by atoms with van der Waals surface area (Å²) in [5.74, 6) is -0.380. The summed E-state index contributed by atoms with van der Waals surface area (Å²) < 4.78 is 4.65. The molecule has 0 spiro atoms. The molecule has 1 aliphatic rings. The first kappa shape index (κ1) is 13.3. The molecule has 1 aromatic carbocycles. The van der Waals surface area contributed by atoms with Crippen molar-refractivity contribution >= 4 is 17.6 Å². The molecule has 100 valence electrons. The average molecular weight is 259 g/mol. The Morgan fingerprint density at radius 1 is 1.32 bits per heavy atom. The Morgan fingerprint density at radius 2 is 2.16 bits per heavy atom. The molecule has 0 fully saturated rings. The first-order valence-electron chi connectivity index (χ1n) is 6.35. The highest BCUT2D eigenvalue weighted by atomic mass is 16.5. The van der Waals surface area contributed by atoms with E-state index in [4.69, 9.17) is 0 Å². The molecule has 1 atom stereocenters. The fraction of sp³-hybridized carbons (Fsp3) is 0.333. The van der Waals surface area contributed by atoms with Gasteiger partial charge in [-0.2, -0.15) is 0 Å². The zero-order chi connectivity index (χ0) is 13.7. The van der Waals surface area contributed by atoms with Crippen molar-refractivity contribution in [3.05, 3.63) is 42.0 Å². The third kappa shape index (κ3) is 3.44. The van der Waals surface area contributed by atoms with E-state index in [0.717, 1.165) is 19.3 Å². The summed E-state index contributed by atoms with van der Waals surface area (Å²) in [6.07, 6.45) is 6.74. The maximum atomic E-state index is 12.1. The Balaban J connectivity index is 2.04. The summed E-state index contributed by atoms with van der Waals surface area (Å²) in [5, 5.41) is 2.85. The van der Waals surface area contributed by atoms with Gasteiger partial charge in [0.1, 0.15) is 0 Å². The number of hydrogen-bond acceptors (Lipinski definition) is 3. The number of allylic oxidation sites excluding steroid dienone is 2.